The molecule has 1 saturated carbocycles. The van der Waals surface area contributed by atoms with Crippen molar-refractivity contribution < 1.29 is 14.7 Å². The van der Waals surface area contributed by atoms with Gasteiger partial charge in [-0.15, -0.1) is 6.58 Å². The summed E-state index contributed by atoms with van der Waals surface area (Å²) in [5.74, 6) is -1.08. The van der Waals surface area contributed by atoms with Crippen LogP contribution in [0.4, 0.5) is 0 Å². The van der Waals surface area contributed by atoms with E-state index in [0.29, 0.717) is 0 Å². The summed E-state index contributed by atoms with van der Waals surface area (Å²) < 4.78 is 0. The molecule has 0 aromatic heterocycles. The van der Waals surface area contributed by atoms with E-state index in [1.54, 1.807) is 0 Å². The van der Waals surface area contributed by atoms with E-state index in [-0.39, 0.29) is 24.2 Å². The molecule has 4 heteroatoms. The summed E-state index contributed by atoms with van der Waals surface area (Å²) >= 11 is 0. The Hall–Kier alpha value is -2.10. The molecule has 3 atom stereocenters. The van der Waals surface area contributed by atoms with E-state index in [0.717, 1.165) is 12.0 Å². The number of carboxylic acid groups (broad SMARTS) is 1. The fourth-order valence-corrected chi connectivity index (χ4v) is 2.22. The van der Waals surface area contributed by atoms with E-state index >= 15 is 0 Å². The van der Waals surface area contributed by atoms with Crippen molar-refractivity contribution in [2.24, 2.45) is 5.92 Å². The molecule has 3 unspecified atom stereocenters. The number of carbonyl (C=O) groups excluding carboxylic acids is 1. The summed E-state index contributed by atoms with van der Waals surface area (Å²) in [5, 5.41) is 11.5. The molecule has 0 bridgehead atoms. The predicted octanol–water partition coefficient (Wildman–Crippen LogP) is 1.94. The average Bonchev–Trinajstić information content (AvgIpc) is 3.19. The highest BCUT2D eigenvalue weighted by Crippen LogP contribution is 2.47. The lowest BCUT2D eigenvalue weighted by Gasteiger charge is -2.12. The van der Waals surface area contributed by atoms with E-state index in [4.69, 9.17) is 5.11 Å². The third-order valence-electron chi connectivity index (χ3n) is 3.37. The van der Waals surface area contributed by atoms with Crippen LogP contribution in [0.2, 0.25) is 0 Å². The second kappa shape index (κ2) is 5.69. The third-order valence-corrected chi connectivity index (χ3v) is 3.37. The van der Waals surface area contributed by atoms with Crippen LogP contribution in [0.3, 0.4) is 0 Å². The largest absolute Gasteiger partial charge is 0.480 e. The molecule has 1 aliphatic rings. The molecule has 19 heavy (non-hydrogen) atoms. The minimum Gasteiger partial charge on any atom is -0.480 e. The van der Waals surface area contributed by atoms with Crippen molar-refractivity contribution in [1.82, 2.24) is 5.32 Å². The molecule has 1 aromatic carbocycles. The Labute approximate surface area is 112 Å². The topological polar surface area (TPSA) is 66.4 Å². The lowest BCUT2D eigenvalue weighted by molar-refractivity contribution is -0.141. The van der Waals surface area contributed by atoms with Gasteiger partial charge in [-0.3, -0.25) is 4.79 Å². The van der Waals surface area contributed by atoms with Crippen LogP contribution in [0.5, 0.6) is 0 Å². The van der Waals surface area contributed by atoms with Crippen LogP contribution in [-0.4, -0.2) is 23.0 Å². The van der Waals surface area contributed by atoms with Gasteiger partial charge >= 0.3 is 5.97 Å². The minimum atomic E-state index is -1.02. The van der Waals surface area contributed by atoms with Crippen LogP contribution >= 0.6 is 0 Å². The number of rotatable bonds is 6. The van der Waals surface area contributed by atoms with Crippen LogP contribution in [0, 0.1) is 5.92 Å². The van der Waals surface area contributed by atoms with Gasteiger partial charge in [0.2, 0.25) is 5.91 Å². The molecule has 0 spiro atoms. The first kappa shape index (κ1) is 13.3. The lowest BCUT2D eigenvalue weighted by Crippen LogP contribution is -2.41. The maximum absolute atomic E-state index is 12.0. The van der Waals surface area contributed by atoms with E-state index in [1.807, 2.05) is 30.3 Å². The van der Waals surface area contributed by atoms with Gasteiger partial charge in [-0.05, 0) is 24.3 Å². The number of benzene rings is 1. The van der Waals surface area contributed by atoms with Crippen molar-refractivity contribution in [2.45, 2.75) is 24.8 Å². The summed E-state index contributed by atoms with van der Waals surface area (Å²) in [7, 11) is 0. The Kier molecular flexibility index (Phi) is 4.00. The normalized spacial score (nSPS) is 22.3. The number of nitrogens with one attached hydrogen (secondary N) is 1. The van der Waals surface area contributed by atoms with Crippen molar-refractivity contribution in [2.75, 3.05) is 0 Å². The van der Waals surface area contributed by atoms with Crippen molar-refractivity contribution in [3.05, 3.63) is 48.6 Å². The Morgan fingerprint density at radius 1 is 1.42 bits per heavy atom. The molecule has 2 N–H and O–H groups in total. The van der Waals surface area contributed by atoms with E-state index in [1.165, 1.54) is 6.08 Å². The number of amides is 1. The van der Waals surface area contributed by atoms with Crippen LogP contribution < -0.4 is 5.32 Å². The second-order valence-electron chi connectivity index (χ2n) is 4.78. The first-order valence-electron chi connectivity index (χ1n) is 6.32. The summed E-state index contributed by atoms with van der Waals surface area (Å²) in [6.45, 7) is 3.50. The Balaban J connectivity index is 1.92. The minimum absolute atomic E-state index is 0.103. The number of hydrogen-bond donors (Lipinski definition) is 2. The zero-order chi connectivity index (χ0) is 13.8. The van der Waals surface area contributed by atoms with Gasteiger partial charge in [0.05, 0.1) is 0 Å². The molecule has 0 saturated heterocycles. The molecule has 0 heterocycles. The van der Waals surface area contributed by atoms with Crippen LogP contribution in [0.25, 0.3) is 0 Å². The van der Waals surface area contributed by atoms with Gasteiger partial charge in [-0.2, -0.15) is 0 Å². The molecule has 100 valence electrons. The zero-order valence-electron chi connectivity index (χ0n) is 10.6. The average molecular weight is 259 g/mol. The van der Waals surface area contributed by atoms with Gasteiger partial charge in [-0.1, -0.05) is 36.4 Å². The molecule has 1 fully saturated rings. The van der Waals surface area contributed by atoms with Gasteiger partial charge in [0.15, 0.2) is 0 Å². The summed E-state index contributed by atoms with van der Waals surface area (Å²) in [6.07, 6.45) is 2.53. The highest BCUT2D eigenvalue weighted by molar-refractivity contribution is 5.87. The number of carbonyl (C=O) groups is 2. The predicted molar refractivity (Wildman–Crippen MR) is 71.7 cm³/mol. The molecule has 1 amide bonds. The molecule has 4 nitrogen and oxygen atoms in total. The number of hydrogen-bond acceptors (Lipinski definition) is 2. The van der Waals surface area contributed by atoms with E-state index in [2.05, 4.69) is 11.9 Å². The highest BCUT2D eigenvalue weighted by Gasteiger charge is 2.44. The highest BCUT2D eigenvalue weighted by atomic mass is 16.4. The summed E-state index contributed by atoms with van der Waals surface area (Å²) in [4.78, 5) is 22.9. The molecule has 0 aliphatic heterocycles. The van der Waals surface area contributed by atoms with Crippen LogP contribution in [-0.2, 0) is 9.59 Å². The lowest BCUT2D eigenvalue weighted by atomic mass is 10.1. The maximum Gasteiger partial charge on any atom is 0.326 e. The molecule has 1 aliphatic carbocycles. The fourth-order valence-electron chi connectivity index (χ4n) is 2.22. The number of aliphatic carboxylic acids is 1. The van der Waals surface area contributed by atoms with E-state index < -0.39 is 12.0 Å². The van der Waals surface area contributed by atoms with Crippen molar-refractivity contribution in [1.29, 1.82) is 0 Å². The first-order chi connectivity index (χ1) is 9.13. The number of carboxylic acids is 1. The van der Waals surface area contributed by atoms with Gasteiger partial charge in [0, 0.05) is 5.92 Å². The smallest absolute Gasteiger partial charge is 0.326 e. The Bertz CT molecular complexity index is 483. The van der Waals surface area contributed by atoms with Crippen LogP contribution in [0.15, 0.2) is 43.0 Å². The van der Waals surface area contributed by atoms with Gasteiger partial charge in [-0.25, -0.2) is 4.79 Å². The molecule has 0 radical (unpaired) electrons. The van der Waals surface area contributed by atoms with Gasteiger partial charge in [0.1, 0.15) is 6.04 Å². The molecular formula is C15H17NO3. The van der Waals surface area contributed by atoms with E-state index in [9.17, 15) is 9.59 Å². The summed E-state index contributed by atoms with van der Waals surface area (Å²) in [6, 6.07) is 8.95. The zero-order valence-corrected chi connectivity index (χ0v) is 10.6. The van der Waals surface area contributed by atoms with Gasteiger partial charge < -0.3 is 10.4 Å². The standard InChI is InChI=1S/C15H17NO3/c1-2-6-13(15(18)19)16-14(17)12-9-11(12)10-7-4-3-5-8-10/h2-5,7-8,11-13H,1,6,9H2,(H,16,17)(H,18,19). The van der Waals surface area contributed by atoms with Crippen molar-refractivity contribution >= 4 is 11.9 Å². The molecule has 2 rings (SSSR count). The fraction of sp³-hybridized carbons (Fsp3) is 0.333. The SMILES string of the molecule is C=CCC(NC(=O)C1CC1c1ccccc1)C(=O)O. The van der Waals surface area contributed by atoms with Crippen molar-refractivity contribution in [3.8, 4) is 0 Å². The van der Waals surface area contributed by atoms with Crippen LogP contribution in [0.1, 0.15) is 24.3 Å². The quantitative estimate of drug-likeness (QED) is 0.767. The first-order valence-corrected chi connectivity index (χ1v) is 6.32. The third kappa shape index (κ3) is 3.22. The second-order valence-corrected chi connectivity index (χ2v) is 4.78. The maximum atomic E-state index is 12.0. The Morgan fingerprint density at radius 2 is 2.11 bits per heavy atom. The monoisotopic (exact) mass is 259 g/mol. The van der Waals surface area contributed by atoms with Crippen molar-refractivity contribution in [3.63, 3.8) is 0 Å². The summed E-state index contributed by atoms with van der Waals surface area (Å²) in [5.41, 5.74) is 1.14. The Morgan fingerprint density at radius 3 is 2.68 bits per heavy atom. The molecule has 1 aromatic rings. The molecular weight excluding hydrogens is 242 g/mol. The van der Waals surface area contributed by atoms with Gasteiger partial charge in [0.25, 0.3) is 0 Å².